The highest BCUT2D eigenvalue weighted by atomic mass is 32.2. The molecule has 0 fully saturated rings. The number of hydrogen-bond donors (Lipinski definition) is 18. The Morgan fingerprint density at radius 1 is 0.469 bits per heavy atom. The number of carboxylic acids is 1. The van der Waals surface area contributed by atoms with E-state index in [1.54, 1.807) is 27.0 Å². The molecule has 0 aromatic heterocycles. The SMILES string of the molecule is CC[C@H](C)[C@H](NC(=O)[C@H](CC(N)=O)NC(=O)[C@@H](NC(=O)[C@H](CC(N)=O)NC(=O)[C@@H](NC(=O)[C@H](CCCN=C(N)N)NC(=O)[C@@H](N)CCSC)[C@@H](C)CC)[C@@H](C)O)C(=O)N[C@@H](CC(N)=O)C(=O)N[C@@H](CO)C(=O)N[C@@H](CCSC)C(=O)O. The molecule has 32 nitrogen and oxygen atoms in total. The number of nitrogens with two attached hydrogens (primary N) is 6. The second-order valence-corrected chi connectivity index (χ2v) is 21.0. The largest absolute Gasteiger partial charge is 0.480 e. The number of amides is 12. The van der Waals surface area contributed by atoms with E-state index in [0.29, 0.717) is 11.5 Å². The van der Waals surface area contributed by atoms with Crippen LogP contribution in [0, 0.1) is 11.8 Å². The second kappa shape index (κ2) is 38.6. The number of nitrogens with zero attached hydrogens (tertiary/aromatic N) is 1. The summed E-state index contributed by atoms with van der Waals surface area (Å²) in [6.07, 6.45) is -0.209. The van der Waals surface area contributed by atoms with E-state index in [9.17, 15) is 77.6 Å². The number of aliphatic hydroxyl groups is 2. The Bertz CT molecular complexity index is 2210. The van der Waals surface area contributed by atoms with E-state index in [-0.39, 0.29) is 51.0 Å². The number of nitrogens with one attached hydrogen (secondary N) is 9. The van der Waals surface area contributed by atoms with Crippen molar-refractivity contribution in [3.8, 4) is 0 Å². The summed E-state index contributed by atoms with van der Waals surface area (Å²) in [6, 6.07) is -16.2. The molecule has 0 aromatic carbocycles. The Morgan fingerprint density at radius 2 is 0.815 bits per heavy atom. The quantitative estimate of drug-likeness (QED) is 0.0154. The van der Waals surface area contributed by atoms with Crippen molar-refractivity contribution >= 4 is 106 Å². The molecule has 24 N–H and O–H groups in total. The zero-order chi connectivity index (χ0) is 62.3. The first-order valence-corrected chi connectivity index (χ1v) is 28.6. The van der Waals surface area contributed by atoms with Crippen molar-refractivity contribution in [2.45, 2.75) is 159 Å². The number of thioether (sulfide) groups is 2. The molecule has 34 heteroatoms. The molecule has 81 heavy (non-hydrogen) atoms. The van der Waals surface area contributed by atoms with Gasteiger partial charge >= 0.3 is 5.97 Å². The van der Waals surface area contributed by atoms with E-state index in [1.165, 1.54) is 30.4 Å². The van der Waals surface area contributed by atoms with Crippen molar-refractivity contribution in [3.05, 3.63) is 0 Å². The summed E-state index contributed by atoms with van der Waals surface area (Å²) in [7, 11) is 0. The highest BCUT2D eigenvalue weighted by Gasteiger charge is 2.39. The van der Waals surface area contributed by atoms with Gasteiger partial charge in [0.05, 0.1) is 38.0 Å². The Labute approximate surface area is 477 Å². The minimum absolute atomic E-state index is 0.0148. The van der Waals surface area contributed by atoms with Crippen molar-refractivity contribution < 1.29 is 77.6 Å². The summed E-state index contributed by atoms with van der Waals surface area (Å²) in [5, 5.41) is 51.0. The maximum atomic E-state index is 14.0. The first-order valence-electron chi connectivity index (χ1n) is 25.8. The summed E-state index contributed by atoms with van der Waals surface area (Å²) in [6.45, 7) is 6.37. The molecule has 0 spiro atoms. The van der Waals surface area contributed by atoms with Crippen molar-refractivity contribution in [2.75, 3.05) is 37.2 Å². The molecule has 0 unspecified atom stereocenters. The molecule has 0 aromatic rings. The summed E-state index contributed by atoms with van der Waals surface area (Å²) in [5.41, 5.74) is 33.1. The van der Waals surface area contributed by atoms with Gasteiger partial charge in [0, 0.05) is 6.54 Å². The van der Waals surface area contributed by atoms with Crippen molar-refractivity contribution in [2.24, 2.45) is 51.2 Å². The van der Waals surface area contributed by atoms with Crippen LogP contribution in [0.1, 0.15) is 92.4 Å². The van der Waals surface area contributed by atoms with E-state index in [2.05, 4.69) is 52.8 Å². The summed E-state index contributed by atoms with van der Waals surface area (Å²) in [4.78, 5) is 175. The highest BCUT2D eigenvalue weighted by molar-refractivity contribution is 7.98. The summed E-state index contributed by atoms with van der Waals surface area (Å²) < 4.78 is 0. The lowest BCUT2D eigenvalue weighted by molar-refractivity contribution is -0.142. The molecule has 0 rings (SSSR count). The van der Waals surface area contributed by atoms with Crippen LogP contribution in [0.2, 0.25) is 0 Å². The molecule has 0 bridgehead atoms. The second-order valence-electron chi connectivity index (χ2n) is 19.0. The van der Waals surface area contributed by atoms with Crippen LogP contribution in [0.25, 0.3) is 0 Å². The van der Waals surface area contributed by atoms with Crippen LogP contribution in [0.4, 0.5) is 0 Å². The lowest BCUT2D eigenvalue weighted by Crippen LogP contribution is -2.63. The van der Waals surface area contributed by atoms with Crippen LogP contribution in [-0.4, -0.2) is 202 Å². The number of hydrogen-bond acceptors (Lipinski definition) is 19. The van der Waals surface area contributed by atoms with Gasteiger partial charge in [0.25, 0.3) is 0 Å². The smallest absolute Gasteiger partial charge is 0.326 e. The molecule has 460 valence electrons. The number of aliphatic hydroxyl groups excluding tert-OH is 2. The summed E-state index contributed by atoms with van der Waals surface area (Å²) in [5.74, 6) is -15.6. The highest BCUT2D eigenvalue weighted by Crippen LogP contribution is 2.14. The molecule has 0 aliphatic rings. The third kappa shape index (κ3) is 28.3. The average Bonchev–Trinajstić information content (AvgIpc) is 3.42. The first-order chi connectivity index (χ1) is 37.9. The number of rotatable bonds is 41. The van der Waals surface area contributed by atoms with Gasteiger partial charge in [0.1, 0.15) is 54.4 Å². The third-order valence-corrected chi connectivity index (χ3v) is 13.6. The molecule has 0 saturated heterocycles. The predicted molar refractivity (Wildman–Crippen MR) is 298 cm³/mol. The van der Waals surface area contributed by atoms with Crippen molar-refractivity contribution in [3.63, 3.8) is 0 Å². The minimum atomic E-state index is -2.03. The molecule has 0 aliphatic heterocycles. The number of primary amides is 3. The van der Waals surface area contributed by atoms with Crippen LogP contribution in [0.3, 0.4) is 0 Å². The molecule has 13 atom stereocenters. The van der Waals surface area contributed by atoms with Crippen LogP contribution in [0.5, 0.6) is 0 Å². The molecule has 0 aliphatic carbocycles. The van der Waals surface area contributed by atoms with Gasteiger partial charge in [0.15, 0.2) is 5.96 Å². The van der Waals surface area contributed by atoms with Crippen molar-refractivity contribution in [1.29, 1.82) is 0 Å². The topological polar surface area (TPSA) is 559 Å². The molecule has 0 heterocycles. The number of carboxylic acid groups (broad SMARTS) is 1. The van der Waals surface area contributed by atoms with E-state index in [4.69, 9.17) is 34.4 Å². The Morgan fingerprint density at radius 3 is 1.19 bits per heavy atom. The standard InChI is InChI=1S/C47H84N16O16S2/c1-8-21(3)34(61-38(70)25(11-10-14-54-47(52)53)55-37(69)24(48)12-15-80-6)43(75)58-29(19-33(51)68)41(73)63-36(23(5)65)45(77)59-28(18-32(50)67)40(72)62-35(22(4)9-2)44(76)57-27(17-31(49)66)39(71)60-30(20-64)42(74)56-26(46(78)79)13-16-81-7/h21-30,34-36,64-65H,8-20,48H2,1-7H3,(H2,49,66)(H2,50,67)(H2,51,68)(H,55,69)(H,56,74)(H,57,76)(H,58,75)(H,59,77)(H,60,71)(H,61,70)(H,62,72)(H,63,73)(H,78,79)(H4,52,53,54)/t21-,22-,23+,24-,25-,26-,27-,28-,29-,30-,34-,35-,36-/m0/s1. The van der Waals surface area contributed by atoms with Crippen LogP contribution in [-0.2, 0) is 62.3 Å². The lowest BCUT2D eigenvalue weighted by Gasteiger charge is -2.30. The number of carbonyl (C=O) groups is 13. The maximum Gasteiger partial charge on any atom is 0.326 e. The van der Waals surface area contributed by atoms with Gasteiger partial charge in [-0.15, -0.1) is 0 Å². The van der Waals surface area contributed by atoms with Crippen molar-refractivity contribution in [1.82, 2.24) is 47.9 Å². The van der Waals surface area contributed by atoms with Gasteiger partial charge < -0.3 is 97.6 Å². The molecule has 0 radical (unpaired) electrons. The van der Waals surface area contributed by atoms with Crippen LogP contribution >= 0.6 is 23.5 Å². The average molecular weight is 1190 g/mol. The van der Waals surface area contributed by atoms with Gasteiger partial charge in [-0.25, -0.2) is 4.79 Å². The van der Waals surface area contributed by atoms with Crippen LogP contribution < -0.4 is 82.3 Å². The Kier molecular flexibility index (Phi) is 35.2. The van der Waals surface area contributed by atoms with E-state index < -0.39 is 181 Å². The van der Waals surface area contributed by atoms with Gasteiger partial charge in [-0.3, -0.25) is 62.5 Å². The maximum absolute atomic E-state index is 14.0. The third-order valence-electron chi connectivity index (χ3n) is 12.4. The fourth-order valence-corrected chi connectivity index (χ4v) is 8.21. The van der Waals surface area contributed by atoms with E-state index in [0.717, 1.165) is 6.92 Å². The van der Waals surface area contributed by atoms with Gasteiger partial charge in [-0.05, 0) is 68.5 Å². The Balaban J connectivity index is 6.72. The number of aliphatic imine (C=N–C) groups is 1. The molecule has 0 saturated carbocycles. The van der Waals surface area contributed by atoms with Gasteiger partial charge in [-0.2, -0.15) is 23.5 Å². The molecular weight excluding hydrogens is 1110 g/mol. The fourth-order valence-electron chi connectivity index (χ4n) is 7.25. The summed E-state index contributed by atoms with van der Waals surface area (Å²) >= 11 is 2.74. The molecular formula is C47H84N16O16S2. The monoisotopic (exact) mass is 1190 g/mol. The fraction of sp³-hybridized carbons (Fsp3) is 0.702. The molecule has 12 amide bonds. The minimum Gasteiger partial charge on any atom is -0.480 e. The van der Waals surface area contributed by atoms with Crippen LogP contribution in [0.15, 0.2) is 4.99 Å². The van der Waals surface area contributed by atoms with E-state index in [1.807, 2.05) is 6.26 Å². The van der Waals surface area contributed by atoms with E-state index >= 15 is 0 Å². The van der Waals surface area contributed by atoms with Gasteiger partial charge in [-0.1, -0.05) is 40.5 Å². The first kappa shape index (κ1) is 74.0. The Hall–Kier alpha value is -7.04. The number of guanidine groups is 1. The zero-order valence-electron chi connectivity index (χ0n) is 46.6. The predicted octanol–water partition coefficient (Wildman–Crippen LogP) is -7.59. The zero-order valence-corrected chi connectivity index (χ0v) is 48.2. The number of aliphatic carboxylic acids is 1. The number of carbonyl (C=O) groups excluding carboxylic acids is 12. The lowest BCUT2D eigenvalue weighted by atomic mass is 9.96. The normalized spacial score (nSPS) is 15.8. The van der Waals surface area contributed by atoms with Gasteiger partial charge in [0.2, 0.25) is 70.9 Å².